The fraction of sp³-hybridized carbons (Fsp3) is 0.531. The number of hydrogen-bond acceptors (Lipinski definition) is 18. The van der Waals surface area contributed by atoms with Crippen LogP contribution in [0.15, 0.2) is 104 Å². The van der Waals surface area contributed by atoms with Gasteiger partial charge < -0.3 is 84.3 Å². The van der Waals surface area contributed by atoms with Gasteiger partial charge in [0.05, 0.1) is 31.4 Å². The summed E-state index contributed by atoms with van der Waals surface area (Å²) < 4.78 is 0. The normalized spacial score (nSPS) is 19.2. The Labute approximate surface area is 664 Å². The van der Waals surface area contributed by atoms with E-state index in [1.807, 2.05) is 68.5 Å². The average Bonchev–Trinajstić information content (AvgIpc) is 1.74. The Balaban J connectivity index is 0.868. The monoisotopic (exact) mass is 1580 g/mol. The second kappa shape index (κ2) is 40.7. The second-order valence-electron chi connectivity index (χ2n) is 30.8. The van der Waals surface area contributed by atoms with Gasteiger partial charge in [0.2, 0.25) is 76.8 Å². The van der Waals surface area contributed by atoms with E-state index in [0.29, 0.717) is 43.2 Å². The molecule has 4 saturated heterocycles. The zero-order chi connectivity index (χ0) is 81.7. The summed E-state index contributed by atoms with van der Waals surface area (Å²) in [5, 5.41) is 28.5. The number of nitrogens with zero attached hydrogens (tertiary/aromatic N) is 4. The lowest BCUT2D eigenvalue weighted by Gasteiger charge is -2.32. The molecule has 0 radical (unpaired) electrons. The summed E-state index contributed by atoms with van der Waals surface area (Å²) in [5.74, 6) is -10.6. The van der Waals surface area contributed by atoms with Gasteiger partial charge >= 0.3 is 0 Å². The van der Waals surface area contributed by atoms with Gasteiger partial charge in [-0.2, -0.15) is 12.6 Å². The number of thiol groups is 1. The number of aromatic nitrogens is 1. The molecule has 0 spiro atoms. The van der Waals surface area contributed by atoms with E-state index in [-0.39, 0.29) is 119 Å². The van der Waals surface area contributed by atoms with E-state index in [4.69, 9.17) is 11.5 Å². The predicted molar refractivity (Wildman–Crippen MR) is 426 cm³/mol. The fourth-order valence-corrected chi connectivity index (χ4v) is 15.7. The first-order valence-corrected chi connectivity index (χ1v) is 40.0. The number of nitrogens with two attached hydrogens (primary N) is 2. The summed E-state index contributed by atoms with van der Waals surface area (Å²) in [6, 6.07) is 10.9. The number of carbonyl (C=O) groups excluding carboxylic acids is 14. The molecule has 31 nitrogen and oxygen atoms in total. The molecule has 0 unspecified atom stereocenters. The minimum atomic E-state index is -1.68. The molecule has 4 aromatic rings. The Bertz CT molecular complexity index is 4190. The standard InChI is InChI=1S/C81H111N17O14S/c1-46(2)67(99)43-86-75(106)63-27-18-36-97(63)80(111)57(26-15-33-84-49(7)82)88-74(105)61(41-68(83)100)92-79(110)70(47(3)4)94-78(109)66-30-19-37-98(66)81(112)62(45-113)93-73(104)60(40-53-42-85-56-25-14-13-24-55(53)56)89-72(103)58(38-50-20-9-8-10-21-50)90-77(108)65-29-17-35-96(65)69(101)44-87-71(102)59(39-52-32-31-51-22-11-12-23-54(51)52)91-76(107)64-28-16-34-95(64)48(5)6/h8-14,20-25,32,42,46-48,57-66,70,84-85,113H,7,15-19,26-31,33-41,43-45,82H2,1-6H3,(H2,83,100)(H,86,106)(H,87,102)(H,88,105)(H,89,103)(H,90,108)(H,91,107)(H,92,110)(H,93,104)(H,94,109)/t57-,58+,59+,60+,61-,62+,63-,64+,65-,66+,70+/m1/s1. The molecule has 5 heterocycles. The van der Waals surface area contributed by atoms with Crippen molar-refractivity contribution in [3.63, 3.8) is 0 Å². The van der Waals surface area contributed by atoms with Crippen molar-refractivity contribution in [2.24, 2.45) is 23.3 Å². The van der Waals surface area contributed by atoms with Crippen LogP contribution >= 0.6 is 12.6 Å². The highest BCUT2D eigenvalue weighted by Gasteiger charge is 2.44. The molecule has 4 aliphatic heterocycles. The molecule has 32 heteroatoms. The Kier molecular flexibility index (Phi) is 31.1. The lowest BCUT2D eigenvalue weighted by Crippen LogP contribution is -2.61. The Morgan fingerprint density at radius 1 is 0.531 bits per heavy atom. The van der Waals surface area contributed by atoms with Crippen LogP contribution in [0.5, 0.6) is 0 Å². The molecule has 0 bridgehead atoms. The number of ketones is 1. The van der Waals surface area contributed by atoms with Crippen molar-refractivity contribution in [3.8, 4) is 0 Å². The van der Waals surface area contributed by atoms with Gasteiger partial charge in [-0.05, 0) is 131 Å². The number of Topliss-reactive ketones (excluding diaryl/α,β-unsaturated/α-hetero) is 1. The summed E-state index contributed by atoms with van der Waals surface area (Å²) in [7, 11) is 0. The number of likely N-dealkylation sites (tertiary alicyclic amines) is 4. The quantitative estimate of drug-likeness (QED) is 0.0218. The first kappa shape index (κ1) is 86.4. The molecule has 3 aromatic carbocycles. The largest absolute Gasteiger partial charge is 0.386 e. The van der Waals surface area contributed by atoms with Gasteiger partial charge in [0.15, 0.2) is 5.78 Å². The van der Waals surface area contributed by atoms with Crippen molar-refractivity contribution in [3.05, 3.63) is 126 Å². The summed E-state index contributed by atoms with van der Waals surface area (Å²) in [6.07, 6.45) is 7.17. The van der Waals surface area contributed by atoms with Crippen LogP contribution in [0.2, 0.25) is 0 Å². The molecule has 0 saturated carbocycles. The van der Waals surface area contributed by atoms with Crippen LogP contribution in [0.1, 0.15) is 141 Å². The van der Waals surface area contributed by atoms with E-state index in [1.165, 1.54) is 14.7 Å². The number of hydrogen-bond donors (Lipinski definition) is 14. The van der Waals surface area contributed by atoms with Gasteiger partial charge in [-0.1, -0.05) is 113 Å². The van der Waals surface area contributed by atoms with Gasteiger partial charge in [0.1, 0.15) is 60.4 Å². The van der Waals surface area contributed by atoms with Crippen molar-refractivity contribution in [2.75, 3.05) is 51.6 Å². The molecular formula is C81H111N17O14S. The molecule has 4 fully saturated rings. The van der Waals surface area contributed by atoms with Gasteiger partial charge in [-0.3, -0.25) is 72.0 Å². The van der Waals surface area contributed by atoms with Crippen LogP contribution in [0, 0.1) is 11.8 Å². The second-order valence-corrected chi connectivity index (χ2v) is 31.1. The summed E-state index contributed by atoms with van der Waals surface area (Å²) in [6.45, 7) is 14.9. The smallest absolute Gasteiger partial charge is 0.246 e. The zero-order valence-electron chi connectivity index (χ0n) is 65.3. The predicted octanol–water partition coefficient (Wildman–Crippen LogP) is 0.941. The number of rotatable bonds is 39. The van der Waals surface area contributed by atoms with E-state index >= 15 is 9.59 Å². The minimum Gasteiger partial charge on any atom is -0.386 e. The fourth-order valence-electron chi connectivity index (χ4n) is 15.5. The molecule has 113 heavy (non-hydrogen) atoms. The maximum atomic E-state index is 15.1. The molecule has 13 amide bonds. The lowest BCUT2D eigenvalue weighted by atomic mass is 9.98. The van der Waals surface area contributed by atoms with Gasteiger partial charge in [0.25, 0.3) is 0 Å². The highest BCUT2D eigenvalue weighted by Crippen LogP contribution is 2.32. The molecular weight excluding hydrogens is 1470 g/mol. The summed E-state index contributed by atoms with van der Waals surface area (Å²) in [4.78, 5) is 208. The minimum absolute atomic E-state index is 0.00295. The van der Waals surface area contributed by atoms with Gasteiger partial charge in [0, 0.05) is 80.3 Å². The van der Waals surface area contributed by atoms with Crippen molar-refractivity contribution < 1.29 is 67.1 Å². The summed E-state index contributed by atoms with van der Waals surface area (Å²) in [5.41, 5.74) is 16.3. The molecule has 5 aliphatic rings. The number of primary amides is 1. The number of allylic oxidation sites excluding steroid dienone is 1. The number of fused-ring (bicyclic) bond motifs is 2. The number of nitrogens with one attached hydrogen (secondary N) is 11. The van der Waals surface area contributed by atoms with Crippen LogP contribution < -0.4 is 64.6 Å². The van der Waals surface area contributed by atoms with E-state index in [1.54, 1.807) is 64.2 Å². The van der Waals surface area contributed by atoms with Crippen molar-refractivity contribution in [1.82, 2.24) is 77.8 Å². The number of para-hydroxylation sites is 1. The van der Waals surface area contributed by atoms with Crippen molar-refractivity contribution >= 4 is 112 Å². The van der Waals surface area contributed by atoms with Crippen LogP contribution in [-0.2, 0) is 86.4 Å². The number of amides is 13. The van der Waals surface area contributed by atoms with Gasteiger partial charge in [-0.25, -0.2) is 0 Å². The highest BCUT2D eigenvalue weighted by molar-refractivity contribution is 7.80. The number of aromatic amines is 1. The lowest BCUT2D eigenvalue weighted by molar-refractivity contribution is -0.143. The highest BCUT2D eigenvalue weighted by atomic mass is 32.1. The SMILES string of the molecule is C=C(N)NCCC[C@@H](NC(=O)[C@@H](CC(N)=O)NC(=O)[C@@H](NC(=O)[C@@H]1CCCN1C(=O)[C@H](CS)NC(=O)[C@H](Cc1c[nH]c2ccccc12)NC(=O)[C@H](Cc1ccccc1)NC(=O)[C@H]1CCCN1C(=O)CNC(=O)[C@H](CC1=CCc2ccccc21)NC(=O)[C@@H]1CCCN1C(C)C)C(C)C)C(=O)N1CCC[C@@H]1C(=O)NCC(=O)C(C)C. The third-order valence-electron chi connectivity index (χ3n) is 21.7. The zero-order valence-corrected chi connectivity index (χ0v) is 66.2. The first-order valence-electron chi connectivity index (χ1n) is 39.3. The Hall–Kier alpha value is -10.6. The molecule has 1 aromatic heterocycles. The van der Waals surface area contributed by atoms with E-state index < -0.39 is 156 Å². The third kappa shape index (κ3) is 23.1. The number of carbonyl (C=O) groups is 14. The van der Waals surface area contributed by atoms with E-state index in [9.17, 15) is 57.5 Å². The Morgan fingerprint density at radius 3 is 1.72 bits per heavy atom. The molecule has 1 aliphatic carbocycles. The third-order valence-corrected chi connectivity index (χ3v) is 22.0. The maximum absolute atomic E-state index is 15.1. The molecule has 9 rings (SSSR count). The average molecular weight is 1580 g/mol. The molecule has 610 valence electrons. The summed E-state index contributed by atoms with van der Waals surface area (Å²) >= 11 is 4.51. The van der Waals surface area contributed by atoms with Gasteiger partial charge in [-0.15, -0.1) is 0 Å². The number of benzene rings is 3. The molecule has 15 N–H and O–H groups in total. The first-order chi connectivity index (χ1) is 54.0. The topological polar surface area (TPSA) is 440 Å². The number of H-pyrrole nitrogens is 1. The van der Waals surface area contributed by atoms with Crippen LogP contribution in [0.3, 0.4) is 0 Å². The molecule has 11 atom stereocenters. The van der Waals surface area contributed by atoms with Crippen LogP contribution in [0.25, 0.3) is 16.5 Å². The van der Waals surface area contributed by atoms with E-state index in [2.05, 4.69) is 82.3 Å². The van der Waals surface area contributed by atoms with Crippen molar-refractivity contribution in [1.29, 1.82) is 0 Å². The van der Waals surface area contributed by atoms with Crippen molar-refractivity contribution in [2.45, 2.75) is 210 Å². The van der Waals surface area contributed by atoms with Crippen LogP contribution in [0.4, 0.5) is 0 Å². The maximum Gasteiger partial charge on any atom is 0.246 e. The van der Waals surface area contributed by atoms with Crippen LogP contribution in [-0.4, -0.2) is 231 Å². The Morgan fingerprint density at radius 2 is 1.07 bits per heavy atom. The van der Waals surface area contributed by atoms with E-state index in [0.717, 1.165) is 40.6 Å².